The zero-order valence-corrected chi connectivity index (χ0v) is 26.2. The van der Waals surface area contributed by atoms with Gasteiger partial charge in [0.2, 0.25) is 0 Å². The molecule has 5 nitrogen and oxygen atoms in total. The number of hydrogen-bond acceptors (Lipinski definition) is 5. The minimum atomic E-state index is -0.119. The van der Waals surface area contributed by atoms with Gasteiger partial charge in [-0.2, -0.15) is 0 Å². The minimum Gasteiger partial charge on any atom is -0.291 e. The Hall–Kier alpha value is -0.200. The van der Waals surface area contributed by atoms with E-state index in [4.69, 9.17) is 0 Å². The molecular weight excluding hydrogens is 430 g/mol. The molecule has 2 unspecified atom stereocenters. The summed E-state index contributed by atoms with van der Waals surface area (Å²) in [5.74, 6) is 0. The summed E-state index contributed by atoms with van der Waals surface area (Å²) in [6.45, 7) is 27.9. The number of likely N-dealkylation sites (N-methyl/N-ethyl adjacent to an activating group) is 2. The van der Waals surface area contributed by atoms with Crippen molar-refractivity contribution in [1.82, 2.24) is 24.7 Å². The van der Waals surface area contributed by atoms with Crippen LogP contribution < -0.4 is 0 Å². The van der Waals surface area contributed by atoms with Gasteiger partial charge in [0, 0.05) is 19.1 Å². The van der Waals surface area contributed by atoms with Crippen molar-refractivity contribution < 1.29 is 0 Å². The fraction of sp³-hybridized carbons (Fsp3) is 1.00. The molecule has 0 bridgehead atoms. The molecule has 0 rings (SSSR count). The van der Waals surface area contributed by atoms with Gasteiger partial charge in [0.1, 0.15) is 5.66 Å². The monoisotopic (exact) mass is 498 g/mol. The fourth-order valence-electron chi connectivity index (χ4n) is 6.24. The maximum Gasteiger partial charge on any atom is 0.114 e. The first-order valence-corrected chi connectivity index (χ1v) is 15.4. The Kier molecular flexibility index (Phi) is 19.7. The van der Waals surface area contributed by atoms with E-state index in [0.29, 0.717) is 12.2 Å². The highest BCUT2D eigenvalue weighted by Gasteiger charge is 2.50. The molecule has 0 aliphatic carbocycles. The highest BCUT2D eigenvalue weighted by atomic mass is 15.7. The van der Waals surface area contributed by atoms with E-state index in [1.54, 1.807) is 0 Å². The number of unbranched alkanes of at least 4 members (excludes halogenated alkanes) is 7. The summed E-state index contributed by atoms with van der Waals surface area (Å²) < 4.78 is 0. The summed E-state index contributed by atoms with van der Waals surface area (Å²) in [6.07, 6.45) is 13.7. The second kappa shape index (κ2) is 19.9. The molecule has 0 aromatic rings. The van der Waals surface area contributed by atoms with E-state index in [0.717, 1.165) is 39.3 Å². The molecule has 0 radical (unpaired) electrons. The van der Waals surface area contributed by atoms with Gasteiger partial charge >= 0.3 is 0 Å². The lowest BCUT2D eigenvalue weighted by atomic mass is 9.99. The molecule has 212 valence electrons. The Bertz CT molecular complexity index is 473. The first-order chi connectivity index (χ1) is 16.7. The van der Waals surface area contributed by atoms with Gasteiger partial charge in [-0.05, 0) is 80.3 Å². The van der Waals surface area contributed by atoms with E-state index in [2.05, 4.69) is 101 Å². The Morgan fingerprint density at radius 2 is 1.09 bits per heavy atom. The molecule has 0 spiro atoms. The van der Waals surface area contributed by atoms with Gasteiger partial charge in [-0.1, -0.05) is 86.5 Å². The molecule has 0 aliphatic rings. The minimum absolute atomic E-state index is 0.119. The molecule has 0 N–H and O–H groups in total. The molecule has 0 aliphatic heterocycles. The summed E-state index contributed by atoms with van der Waals surface area (Å²) in [7, 11) is 4.56. The first-order valence-electron chi connectivity index (χ1n) is 15.4. The molecule has 0 saturated carbocycles. The van der Waals surface area contributed by atoms with Crippen LogP contribution in [0.2, 0.25) is 0 Å². The maximum absolute atomic E-state index is 2.80. The average molecular weight is 498 g/mol. The third-order valence-corrected chi connectivity index (χ3v) is 7.66. The van der Waals surface area contributed by atoms with Crippen LogP contribution in [-0.2, 0) is 0 Å². The Morgan fingerprint density at radius 1 is 0.600 bits per heavy atom. The zero-order valence-electron chi connectivity index (χ0n) is 26.2. The quantitative estimate of drug-likeness (QED) is 0.0844. The normalized spacial score (nSPS) is 15.3. The van der Waals surface area contributed by atoms with Crippen LogP contribution in [0.5, 0.6) is 0 Å². The van der Waals surface area contributed by atoms with Crippen LogP contribution in [0.25, 0.3) is 0 Å². The molecule has 0 amide bonds. The van der Waals surface area contributed by atoms with Crippen molar-refractivity contribution in [3.8, 4) is 0 Å². The van der Waals surface area contributed by atoms with Gasteiger partial charge < -0.3 is 0 Å². The molecule has 0 heterocycles. The van der Waals surface area contributed by atoms with Crippen LogP contribution in [0.15, 0.2) is 0 Å². The third kappa shape index (κ3) is 11.0. The highest BCUT2D eigenvalue weighted by molar-refractivity contribution is 4.97. The number of nitrogens with zero attached hydrogens (tertiary/aromatic N) is 5. The van der Waals surface area contributed by atoms with E-state index >= 15 is 0 Å². The van der Waals surface area contributed by atoms with Crippen molar-refractivity contribution in [2.75, 3.05) is 53.4 Å². The van der Waals surface area contributed by atoms with E-state index in [1.165, 1.54) is 64.2 Å². The molecule has 5 heteroatoms. The number of hydrazine groups is 1. The van der Waals surface area contributed by atoms with Crippen LogP contribution >= 0.6 is 0 Å². The Balaban J connectivity index is 6.02. The predicted octanol–water partition coefficient (Wildman–Crippen LogP) is 7.14. The molecular formula is C30H67N5. The van der Waals surface area contributed by atoms with Crippen molar-refractivity contribution in [2.24, 2.45) is 0 Å². The topological polar surface area (TPSA) is 16.2 Å². The van der Waals surface area contributed by atoms with Crippen LogP contribution in [0.4, 0.5) is 0 Å². The number of hydrogen-bond donors (Lipinski definition) is 0. The predicted molar refractivity (Wildman–Crippen MR) is 158 cm³/mol. The van der Waals surface area contributed by atoms with Gasteiger partial charge in [0.15, 0.2) is 0 Å². The molecule has 0 aromatic heterocycles. The molecule has 35 heavy (non-hydrogen) atoms. The summed E-state index contributed by atoms with van der Waals surface area (Å²) >= 11 is 0. The van der Waals surface area contributed by atoms with E-state index in [1.807, 2.05) is 0 Å². The molecule has 0 fully saturated rings. The van der Waals surface area contributed by atoms with Gasteiger partial charge in [-0.3, -0.25) is 14.7 Å². The van der Waals surface area contributed by atoms with Crippen LogP contribution in [0, 0.1) is 0 Å². The summed E-state index contributed by atoms with van der Waals surface area (Å²) in [6, 6.07) is 0.434. The molecule has 2 atom stereocenters. The Labute approximate surface area is 222 Å². The highest BCUT2D eigenvalue weighted by Crippen LogP contribution is 2.33. The summed E-state index contributed by atoms with van der Waals surface area (Å²) in [5.41, 5.74) is -0.119. The van der Waals surface area contributed by atoms with Crippen molar-refractivity contribution in [2.45, 2.75) is 144 Å². The average Bonchev–Trinajstić information content (AvgIpc) is 2.82. The summed E-state index contributed by atoms with van der Waals surface area (Å²) in [4.78, 5) is 7.94. The smallest absolute Gasteiger partial charge is 0.114 e. The van der Waals surface area contributed by atoms with Gasteiger partial charge in [0.25, 0.3) is 0 Å². The van der Waals surface area contributed by atoms with Crippen LogP contribution in [0.3, 0.4) is 0 Å². The number of rotatable bonds is 23. The third-order valence-electron chi connectivity index (χ3n) is 7.66. The van der Waals surface area contributed by atoms with Gasteiger partial charge in [0.05, 0.1) is 6.17 Å². The summed E-state index contributed by atoms with van der Waals surface area (Å²) in [5, 5.41) is 5.47. The molecule has 0 saturated heterocycles. The van der Waals surface area contributed by atoms with E-state index < -0.39 is 0 Å². The maximum atomic E-state index is 2.80. The Morgan fingerprint density at radius 3 is 1.46 bits per heavy atom. The van der Waals surface area contributed by atoms with Crippen molar-refractivity contribution in [3.05, 3.63) is 0 Å². The second-order valence-corrected chi connectivity index (χ2v) is 11.1. The lowest BCUT2D eigenvalue weighted by Gasteiger charge is -2.60. The lowest BCUT2D eigenvalue weighted by Crippen LogP contribution is -2.76. The SMILES string of the molecule is CCCCCCCCCCN(CC)N(C(C)C)C(C)(C(N(C)C)N(CC)CC)N(CCC)CCC. The standard InChI is InChI=1S/C30H67N5/c1-12-18-19-20-21-22-23-24-27-34(17-6)35(28(7)8)30(9,33(25-13-2)26-14-3)29(31(10)11)32(15-4)16-5/h28-29H,12-27H2,1-11H3. The molecule has 0 aromatic carbocycles. The van der Waals surface area contributed by atoms with Crippen LogP contribution in [0.1, 0.15) is 127 Å². The zero-order chi connectivity index (χ0) is 26.9. The van der Waals surface area contributed by atoms with E-state index in [-0.39, 0.29) is 5.66 Å². The fourth-order valence-corrected chi connectivity index (χ4v) is 6.24. The second-order valence-electron chi connectivity index (χ2n) is 11.1. The first kappa shape index (κ1) is 34.8. The van der Waals surface area contributed by atoms with Crippen molar-refractivity contribution >= 4 is 0 Å². The van der Waals surface area contributed by atoms with E-state index in [9.17, 15) is 0 Å². The van der Waals surface area contributed by atoms with Gasteiger partial charge in [-0.15, -0.1) is 0 Å². The largest absolute Gasteiger partial charge is 0.291 e. The van der Waals surface area contributed by atoms with Gasteiger partial charge in [-0.25, -0.2) is 10.0 Å². The van der Waals surface area contributed by atoms with Crippen LogP contribution in [-0.4, -0.2) is 96.0 Å². The van der Waals surface area contributed by atoms with Crippen molar-refractivity contribution in [3.63, 3.8) is 0 Å². The lowest BCUT2D eigenvalue weighted by molar-refractivity contribution is -0.235. The van der Waals surface area contributed by atoms with Crippen molar-refractivity contribution in [1.29, 1.82) is 0 Å².